The van der Waals surface area contributed by atoms with Crippen molar-refractivity contribution < 1.29 is 13.2 Å². The minimum atomic E-state index is -3.45. The average molecular weight is 318 g/mol. The fourth-order valence-corrected chi connectivity index (χ4v) is 5.17. The molecule has 20 heavy (non-hydrogen) atoms. The van der Waals surface area contributed by atoms with Crippen molar-refractivity contribution in [3.05, 3.63) is 15.8 Å². The van der Waals surface area contributed by atoms with Gasteiger partial charge in [0.1, 0.15) is 0 Å². The van der Waals surface area contributed by atoms with E-state index in [0.717, 1.165) is 29.2 Å². The first-order valence-corrected chi connectivity index (χ1v) is 9.18. The number of hydrogen-bond donors (Lipinski definition) is 2. The van der Waals surface area contributed by atoms with E-state index >= 15 is 0 Å². The molecule has 1 aromatic heterocycles. The highest BCUT2D eigenvalue weighted by atomic mass is 32.2. The molecule has 5 nitrogen and oxygen atoms in total. The molecule has 114 valence electrons. The normalized spacial score (nSPS) is 23.4. The lowest BCUT2D eigenvalue weighted by Gasteiger charge is -2.17. The fourth-order valence-electron chi connectivity index (χ4n) is 2.56. The number of sulfonamides is 1. The topological polar surface area (TPSA) is 81.4 Å². The van der Waals surface area contributed by atoms with Gasteiger partial charge >= 0.3 is 0 Å². The second-order valence-electron chi connectivity index (χ2n) is 5.06. The van der Waals surface area contributed by atoms with Crippen molar-refractivity contribution in [3.8, 4) is 0 Å². The van der Waals surface area contributed by atoms with E-state index in [1.54, 1.807) is 6.07 Å². The summed E-state index contributed by atoms with van der Waals surface area (Å²) >= 11 is 1.44. The molecule has 1 saturated heterocycles. The summed E-state index contributed by atoms with van der Waals surface area (Å²) in [5.41, 5.74) is 5.56. The van der Waals surface area contributed by atoms with Crippen LogP contribution in [0.1, 0.15) is 29.5 Å². The first-order valence-electron chi connectivity index (χ1n) is 6.88. The predicted octanol–water partition coefficient (Wildman–Crippen LogP) is 1.61. The summed E-state index contributed by atoms with van der Waals surface area (Å²) in [6, 6.07) is 1.67. The lowest BCUT2D eigenvalue weighted by molar-refractivity contribution is 0.0884. The van der Waals surface area contributed by atoms with E-state index in [1.807, 2.05) is 6.92 Å². The van der Waals surface area contributed by atoms with Crippen molar-refractivity contribution in [3.63, 3.8) is 0 Å². The van der Waals surface area contributed by atoms with Gasteiger partial charge in [-0.25, -0.2) is 13.1 Å². The SMILES string of the molecule is CCC1OCCC1CNS(=O)(=O)c1cc(CN)sc1C. The van der Waals surface area contributed by atoms with Crippen LogP contribution in [0, 0.1) is 12.8 Å². The minimum Gasteiger partial charge on any atom is -0.378 e. The zero-order chi connectivity index (χ0) is 14.8. The van der Waals surface area contributed by atoms with Gasteiger partial charge in [-0.15, -0.1) is 11.3 Å². The number of aryl methyl sites for hydroxylation is 1. The third-order valence-electron chi connectivity index (χ3n) is 3.70. The summed E-state index contributed by atoms with van der Waals surface area (Å²) in [5, 5.41) is 0. The molecule has 2 unspecified atom stereocenters. The Hall–Kier alpha value is -0.470. The summed E-state index contributed by atoms with van der Waals surface area (Å²) in [5.74, 6) is 0.266. The monoisotopic (exact) mass is 318 g/mol. The average Bonchev–Trinajstić information content (AvgIpc) is 3.02. The van der Waals surface area contributed by atoms with Crippen LogP contribution >= 0.6 is 11.3 Å². The molecule has 1 aliphatic heterocycles. The lowest BCUT2D eigenvalue weighted by atomic mass is 10.0. The fraction of sp³-hybridized carbons (Fsp3) is 0.692. The Bertz CT molecular complexity index is 554. The molecule has 0 aromatic carbocycles. The van der Waals surface area contributed by atoms with Gasteiger partial charge < -0.3 is 10.5 Å². The Balaban J connectivity index is 2.05. The molecule has 0 bridgehead atoms. The molecule has 2 rings (SSSR count). The standard InChI is InChI=1S/C13H22N2O3S2/c1-3-12-10(4-5-18-12)8-15-20(16,17)13-6-11(7-14)19-9(13)2/h6,10,12,15H,3-5,7-8,14H2,1-2H3. The number of nitrogens with one attached hydrogen (secondary N) is 1. The quantitative estimate of drug-likeness (QED) is 0.835. The van der Waals surface area contributed by atoms with E-state index < -0.39 is 10.0 Å². The van der Waals surface area contributed by atoms with Crippen molar-refractivity contribution in [2.24, 2.45) is 11.7 Å². The van der Waals surface area contributed by atoms with Gasteiger partial charge in [-0.2, -0.15) is 0 Å². The third kappa shape index (κ3) is 3.40. The van der Waals surface area contributed by atoms with Gasteiger partial charge in [0.2, 0.25) is 10.0 Å². The molecule has 0 saturated carbocycles. The smallest absolute Gasteiger partial charge is 0.241 e. The van der Waals surface area contributed by atoms with Crippen LogP contribution in [0.5, 0.6) is 0 Å². The maximum atomic E-state index is 12.3. The molecule has 2 heterocycles. The van der Waals surface area contributed by atoms with Gasteiger partial charge in [0.05, 0.1) is 11.0 Å². The van der Waals surface area contributed by atoms with Crippen molar-refractivity contribution in [2.75, 3.05) is 13.2 Å². The van der Waals surface area contributed by atoms with Crippen LogP contribution in [-0.4, -0.2) is 27.7 Å². The van der Waals surface area contributed by atoms with Crippen LogP contribution in [0.3, 0.4) is 0 Å². The zero-order valence-electron chi connectivity index (χ0n) is 11.9. The summed E-state index contributed by atoms with van der Waals surface area (Å²) in [6.45, 7) is 5.41. The molecule has 0 radical (unpaired) electrons. The van der Waals surface area contributed by atoms with Crippen molar-refractivity contribution in [1.29, 1.82) is 0 Å². The highest BCUT2D eigenvalue weighted by Crippen LogP contribution is 2.27. The van der Waals surface area contributed by atoms with Crippen LogP contribution in [0.4, 0.5) is 0 Å². The molecule has 0 aliphatic carbocycles. The van der Waals surface area contributed by atoms with Gasteiger partial charge in [-0.1, -0.05) is 6.92 Å². The van der Waals surface area contributed by atoms with Crippen LogP contribution in [0.15, 0.2) is 11.0 Å². The van der Waals surface area contributed by atoms with Gasteiger partial charge in [-0.05, 0) is 25.8 Å². The van der Waals surface area contributed by atoms with Crippen molar-refractivity contribution in [1.82, 2.24) is 4.72 Å². The summed E-state index contributed by atoms with van der Waals surface area (Å²) < 4.78 is 33.0. The second-order valence-corrected chi connectivity index (χ2v) is 8.13. The molecular formula is C13H22N2O3S2. The van der Waals surface area contributed by atoms with E-state index in [2.05, 4.69) is 11.6 Å². The Labute approximate surface area is 124 Å². The Morgan fingerprint density at radius 1 is 1.55 bits per heavy atom. The predicted molar refractivity (Wildman–Crippen MR) is 80.3 cm³/mol. The van der Waals surface area contributed by atoms with E-state index in [4.69, 9.17) is 10.5 Å². The van der Waals surface area contributed by atoms with Crippen molar-refractivity contribution in [2.45, 2.75) is 44.2 Å². The van der Waals surface area contributed by atoms with Crippen molar-refractivity contribution >= 4 is 21.4 Å². The zero-order valence-corrected chi connectivity index (χ0v) is 13.5. The molecule has 0 spiro atoms. The molecule has 1 fully saturated rings. The van der Waals surface area contributed by atoms with Gasteiger partial charge in [-0.3, -0.25) is 0 Å². The maximum Gasteiger partial charge on any atom is 0.241 e. The molecule has 1 aromatic rings. The largest absolute Gasteiger partial charge is 0.378 e. The van der Waals surface area contributed by atoms with Crippen LogP contribution < -0.4 is 10.5 Å². The molecule has 7 heteroatoms. The van der Waals surface area contributed by atoms with Crippen LogP contribution in [-0.2, 0) is 21.3 Å². The number of hydrogen-bond acceptors (Lipinski definition) is 5. The minimum absolute atomic E-state index is 0.167. The highest BCUT2D eigenvalue weighted by molar-refractivity contribution is 7.89. The van der Waals surface area contributed by atoms with Crippen LogP contribution in [0.2, 0.25) is 0 Å². The maximum absolute atomic E-state index is 12.3. The number of thiophene rings is 1. The first-order chi connectivity index (χ1) is 9.47. The van der Waals surface area contributed by atoms with Gasteiger partial charge in [0.15, 0.2) is 0 Å². The van der Waals surface area contributed by atoms with Gasteiger partial charge in [0.25, 0.3) is 0 Å². The lowest BCUT2D eigenvalue weighted by Crippen LogP contribution is -2.32. The van der Waals surface area contributed by atoms with E-state index in [9.17, 15) is 8.42 Å². The summed E-state index contributed by atoms with van der Waals surface area (Å²) in [6.07, 6.45) is 2.00. The number of ether oxygens (including phenoxy) is 1. The highest BCUT2D eigenvalue weighted by Gasteiger charge is 2.29. The van der Waals surface area contributed by atoms with E-state index in [1.165, 1.54) is 11.3 Å². The second kappa shape index (κ2) is 6.53. The third-order valence-corrected chi connectivity index (χ3v) is 6.45. The Morgan fingerprint density at radius 2 is 2.30 bits per heavy atom. The van der Waals surface area contributed by atoms with E-state index in [0.29, 0.717) is 18.0 Å². The Kier molecular flexibility index (Phi) is 5.19. The summed E-state index contributed by atoms with van der Waals surface area (Å²) in [7, 11) is -3.45. The summed E-state index contributed by atoms with van der Waals surface area (Å²) in [4.78, 5) is 2.03. The van der Waals surface area contributed by atoms with Crippen LogP contribution in [0.25, 0.3) is 0 Å². The molecule has 0 amide bonds. The van der Waals surface area contributed by atoms with E-state index in [-0.39, 0.29) is 12.0 Å². The molecular weight excluding hydrogens is 296 g/mol. The first kappa shape index (κ1) is 15.9. The number of nitrogens with two attached hydrogens (primary N) is 1. The molecule has 2 atom stereocenters. The Morgan fingerprint density at radius 3 is 2.90 bits per heavy atom. The molecule has 1 aliphatic rings. The number of rotatable bonds is 6. The molecule has 3 N–H and O–H groups in total. The van der Waals surface area contributed by atoms with Gasteiger partial charge in [0, 0.05) is 35.4 Å².